The molecule has 0 atom stereocenters. The minimum Gasteiger partial charge on any atom is -0.0991 e. The van der Waals surface area contributed by atoms with Gasteiger partial charge in [-0.3, -0.25) is 0 Å². The van der Waals surface area contributed by atoms with Crippen molar-refractivity contribution in [3.63, 3.8) is 0 Å². The van der Waals surface area contributed by atoms with Crippen LogP contribution >= 0.6 is 15.9 Å². The van der Waals surface area contributed by atoms with Gasteiger partial charge in [-0.05, 0) is 39.0 Å². The van der Waals surface area contributed by atoms with Gasteiger partial charge in [-0.15, -0.1) is 0 Å². The first-order chi connectivity index (χ1) is 12.8. The number of hydrogen-bond acceptors (Lipinski definition) is 0. The average molecular weight is 397 g/mol. The molecule has 0 N–H and O–H groups in total. The first-order valence-electron chi connectivity index (χ1n) is 8.78. The number of halogens is 1. The van der Waals surface area contributed by atoms with Crippen LogP contribution in [0.4, 0.5) is 0 Å². The molecule has 0 saturated carbocycles. The van der Waals surface area contributed by atoms with E-state index >= 15 is 0 Å². The predicted molar refractivity (Wildman–Crippen MR) is 113 cm³/mol. The van der Waals surface area contributed by atoms with Crippen molar-refractivity contribution >= 4 is 21.5 Å². The molecule has 3 aromatic carbocycles. The normalized spacial score (nSPS) is 16.0. The molecule has 124 valence electrons. The molecule has 0 nitrogen and oxygen atoms in total. The summed E-state index contributed by atoms with van der Waals surface area (Å²) in [6, 6.07) is 26.3. The van der Waals surface area contributed by atoms with Gasteiger partial charge < -0.3 is 0 Å². The zero-order chi connectivity index (χ0) is 17.7. The molecule has 3 aromatic rings. The molecule has 0 radical (unpaired) electrons. The van der Waals surface area contributed by atoms with Gasteiger partial charge in [0.15, 0.2) is 0 Å². The fraction of sp³-hybridized carbons (Fsp3) is 0.0400. The van der Waals surface area contributed by atoms with E-state index in [-0.39, 0.29) is 5.41 Å². The summed E-state index contributed by atoms with van der Waals surface area (Å²) in [4.78, 5) is 0. The fourth-order valence-electron chi connectivity index (χ4n) is 4.57. The van der Waals surface area contributed by atoms with Gasteiger partial charge in [-0.2, -0.15) is 0 Å². The molecule has 26 heavy (non-hydrogen) atoms. The van der Waals surface area contributed by atoms with Crippen LogP contribution < -0.4 is 0 Å². The highest BCUT2D eigenvalue weighted by atomic mass is 79.9. The Hall–Kier alpha value is -2.64. The molecule has 2 aliphatic rings. The van der Waals surface area contributed by atoms with Gasteiger partial charge in [0.1, 0.15) is 0 Å². The van der Waals surface area contributed by atoms with Gasteiger partial charge in [-0.1, -0.05) is 114 Å². The van der Waals surface area contributed by atoms with E-state index in [2.05, 4.69) is 101 Å². The highest BCUT2D eigenvalue weighted by Crippen LogP contribution is 2.63. The Morgan fingerprint density at radius 3 is 1.69 bits per heavy atom. The maximum absolute atomic E-state index is 4.03. The van der Waals surface area contributed by atoms with E-state index in [1.165, 1.54) is 43.4 Å². The Kier molecular flexibility index (Phi) is 3.41. The Morgan fingerprint density at radius 1 is 0.692 bits per heavy atom. The van der Waals surface area contributed by atoms with Crippen LogP contribution in [0.5, 0.6) is 0 Å². The highest BCUT2D eigenvalue weighted by molar-refractivity contribution is 9.12. The number of benzene rings is 3. The third-order valence-corrected chi connectivity index (χ3v) is 6.56. The maximum atomic E-state index is 4.03. The lowest BCUT2D eigenvalue weighted by Gasteiger charge is -2.30. The van der Waals surface area contributed by atoms with Crippen molar-refractivity contribution in [2.24, 2.45) is 0 Å². The molecular formula is C25H17Br. The van der Waals surface area contributed by atoms with Crippen molar-refractivity contribution in [3.8, 4) is 11.1 Å². The second-order valence-corrected chi connectivity index (χ2v) is 7.50. The van der Waals surface area contributed by atoms with Crippen LogP contribution in [0.15, 0.2) is 102 Å². The lowest BCUT2D eigenvalue weighted by molar-refractivity contribution is 0.811. The van der Waals surface area contributed by atoms with Crippen molar-refractivity contribution in [2.75, 3.05) is 0 Å². The van der Waals surface area contributed by atoms with Crippen molar-refractivity contribution in [1.29, 1.82) is 0 Å². The number of rotatable bonds is 2. The van der Waals surface area contributed by atoms with Gasteiger partial charge in [-0.25, -0.2) is 0 Å². The van der Waals surface area contributed by atoms with Crippen LogP contribution in [0.3, 0.4) is 0 Å². The zero-order valence-corrected chi connectivity index (χ0v) is 15.8. The van der Waals surface area contributed by atoms with Crippen molar-refractivity contribution in [2.45, 2.75) is 5.41 Å². The lowest BCUT2D eigenvalue weighted by Crippen LogP contribution is -2.25. The molecule has 0 bridgehead atoms. The zero-order valence-electron chi connectivity index (χ0n) is 14.2. The van der Waals surface area contributed by atoms with Crippen LogP contribution in [0.1, 0.15) is 22.3 Å². The van der Waals surface area contributed by atoms with Crippen LogP contribution in [-0.2, 0) is 5.41 Å². The standard InChI is InChI=1S/C25H17Br/c1-2-3-10-20-19-13-6-9-16-23(19)25(24(20)26)21-14-7-4-11-17(21)18-12-5-8-15-22(18)25/h2-16H,1H2. The number of fused-ring (bicyclic) bond motifs is 7. The monoisotopic (exact) mass is 396 g/mol. The van der Waals surface area contributed by atoms with E-state index in [0.717, 1.165) is 0 Å². The second kappa shape index (κ2) is 5.69. The molecule has 1 spiro atoms. The second-order valence-electron chi connectivity index (χ2n) is 6.71. The molecule has 2 aliphatic carbocycles. The van der Waals surface area contributed by atoms with E-state index in [4.69, 9.17) is 0 Å². The predicted octanol–water partition coefficient (Wildman–Crippen LogP) is 6.86. The molecule has 1 heteroatoms. The molecule has 0 saturated heterocycles. The van der Waals surface area contributed by atoms with Crippen LogP contribution in [0.2, 0.25) is 0 Å². The number of hydrogen-bond donors (Lipinski definition) is 0. The lowest BCUT2D eigenvalue weighted by atomic mass is 9.74. The molecule has 0 heterocycles. The Bertz CT molecular complexity index is 1070. The van der Waals surface area contributed by atoms with E-state index < -0.39 is 0 Å². The van der Waals surface area contributed by atoms with Crippen molar-refractivity contribution in [1.82, 2.24) is 0 Å². The van der Waals surface area contributed by atoms with E-state index in [1.54, 1.807) is 0 Å². The summed E-state index contributed by atoms with van der Waals surface area (Å²) < 4.78 is 1.21. The molecule has 0 aromatic heterocycles. The molecule has 5 rings (SSSR count). The van der Waals surface area contributed by atoms with Gasteiger partial charge in [0.2, 0.25) is 0 Å². The summed E-state index contributed by atoms with van der Waals surface area (Å²) in [6.45, 7) is 3.84. The van der Waals surface area contributed by atoms with Crippen molar-refractivity contribution in [3.05, 3.63) is 124 Å². The number of allylic oxidation sites excluding steroid dienone is 5. The largest absolute Gasteiger partial charge is 0.0991 e. The SMILES string of the molecule is C=CC=CC1=C(Br)C2(c3ccccc31)c1ccccc1-c1ccccc12. The molecule has 0 unspecified atom stereocenters. The van der Waals surface area contributed by atoms with Gasteiger partial charge >= 0.3 is 0 Å². The smallest absolute Gasteiger partial charge is 0.0791 e. The Labute approximate surface area is 162 Å². The van der Waals surface area contributed by atoms with Gasteiger partial charge in [0.05, 0.1) is 5.41 Å². The summed E-state index contributed by atoms with van der Waals surface area (Å²) in [5, 5.41) is 0. The third kappa shape index (κ3) is 1.79. The quantitative estimate of drug-likeness (QED) is 0.414. The topological polar surface area (TPSA) is 0 Å². The summed E-state index contributed by atoms with van der Waals surface area (Å²) in [5.74, 6) is 0. The third-order valence-electron chi connectivity index (χ3n) is 5.54. The Morgan fingerprint density at radius 2 is 1.15 bits per heavy atom. The molecular weight excluding hydrogens is 380 g/mol. The van der Waals surface area contributed by atoms with E-state index in [1.807, 2.05) is 12.2 Å². The fourth-order valence-corrected chi connectivity index (χ4v) is 5.56. The van der Waals surface area contributed by atoms with Crippen LogP contribution in [-0.4, -0.2) is 0 Å². The molecule has 0 fully saturated rings. The minimum absolute atomic E-state index is 0.273. The molecule has 0 amide bonds. The first kappa shape index (κ1) is 15.6. The van der Waals surface area contributed by atoms with E-state index in [0.29, 0.717) is 0 Å². The van der Waals surface area contributed by atoms with E-state index in [9.17, 15) is 0 Å². The average Bonchev–Trinajstić information content (AvgIpc) is 3.13. The summed E-state index contributed by atoms with van der Waals surface area (Å²) in [6.07, 6.45) is 6.00. The Balaban J connectivity index is 1.97. The van der Waals surface area contributed by atoms with Crippen LogP contribution in [0.25, 0.3) is 16.7 Å². The first-order valence-corrected chi connectivity index (χ1v) is 9.58. The van der Waals surface area contributed by atoms with Crippen molar-refractivity contribution < 1.29 is 0 Å². The maximum Gasteiger partial charge on any atom is 0.0791 e. The minimum atomic E-state index is -0.273. The summed E-state index contributed by atoms with van der Waals surface area (Å²) in [7, 11) is 0. The molecule has 0 aliphatic heterocycles. The van der Waals surface area contributed by atoms with Crippen LogP contribution in [0, 0.1) is 0 Å². The summed E-state index contributed by atoms with van der Waals surface area (Å²) >= 11 is 4.03. The van der Waals surface area contributed by atoms with Gasteiger partial charge in [0.25, 0.3) is 0 Å². The highest BCUT2D eigenvalue weighted by Gasteiger charge is 2.51. The summed E-state index contributed by atoms with van der Waals surface area (Å²) in [5.41, 5.74) is 8.92. The van der Waals surface area contributed by atoms with Gasteiger partial charge in [0, 0.05) is 4.48 Å².